The topological polar surface area (TPSA) is 98.2 Å². The highest BCUT2D eigenvalue weighted by atomic mass is 16.5. The molecular weight excluding hydrogens is 328 g/mol. The van der Waals surface area contributed by atoms with Gasteiger partial charge >= 0.3 is 11.9 Å². The number of nitrogens with zero attached hydrogens (tertiary/aromatic N) is 2. The number of methoxy groups -OCH3 is 2. The Bertz CT molecular complexity index is 877. The molecule has 0 amide bonds. The zero-order valence-electron chi connectivity index (χ0n) is 13.7. The Balaban J connectivity index is 2.11. The Morgan fingerprint density at radius 2 is 1.96 bits per heavy atom. The van der Waals surface area contributed by atoms with Crippen molar-refractivity contribution in [3.05, 3.63) is 41.7 Å². The Labute approximate surface area is 143 Å². The third-order valence-corrected chi connectivity index (χ3v) is 3.80. The first-order valence-corrected chi connectivity index (χ1v) is 7.39. The van der Waals surface area contributed by atoms with Crippen molar-refractivity contribution in [2.45, 2.75) is 0 Å². The molecule has 1 aromatic carbocycles. The van der Waals surface area contributed by atoms with Crippen LogP contribution in [0.3, 0.4) is 0 Å². The fraction of sp³-hybridized carbons (Fsp3) is 0.235. The van der Waals surface area contributed by atoms with Crippen LogP contribution in [-0.2, 0) is 23.8 Å². The Morgan fingerprint density at radius 3 is 2.68 bits per heavy atom. The van der Waals surface area contributed by atoms with Crippen LogP contribution >= 0.6 is 0 Å². The molecule has 0 saturated carbocycles. The largest absolute Gasteiger partial charge is 0.506 e. The lowest BCUT2D eigenvalue weighted by Crippen LogP contribution is -2.38. The summed E-state index contributed by atoms with van der Waals surface area (Å²) in [6, 6.07) is 6.78. The lowest BCUT2D eigenvalue weighted by atomic mass is 10.1. The summed E-state index contributed by atoms with van der Waals surface area (Å²) in [5, 5.41) is 10.2. The summed E-state index contributed by atoms with van der Waals surface area (Å²) in [5.41, 5.74) is 1.36. The predicted octanol–water partition coefficient (Wildman–Crippen LogP) is 1.33. The van der Waals surface area contributed by atoms with Crippen LogP contribution in [0.4, 0.5) is 5.69 Å². The van der Waals surface area contributed by atoms with Gasteiger partial charge in [-0.1, -0.05) is 6.07 Å². The van der Waals surface area contributed by atoms with Crippen LogP contribution in [-0.4, -0.2) is 49.6 Å². The molecule has 1 aliphatic rings. The summed E-state index contributed by atoms with van der Waals surface area (Å²) < 4.78 is 15.0. The molecule has 0 aliphatic carbocycles. The van der Waals surface area contributed by atoms with E-state index in [4.69, 9.17) is 14.2 Å². The molecule has 0 radical (unpaired) electrons. The van der Waals surface area contributed by atoms with Crippen molar-refractivity contribution in [3.8, 4) is 5.75 Å². The molecule has 1 N–H and O–H groups in total. The maximum Gasteiger partial charge on any atom is 0.355 e. The molecule has 1 aliphatic heterocycles. The van der Waals surface area contributed by atoms with Gasteiger partial charge in [0.25, 0.3) is 0 Å². The summed E-state index contributed by atoms with van der Waals surface area (Å²) >= 11 is 0. The van der Waals surface area contributed by atoms with Crippen LogP contribution in [0.5, 0.6) is 5.75 Å². The minimum absolute atomic E-state index is 0.0483. The fourth-order valence-corrected chi connectivity index (χ4v) is 2.61. The highest BCUT2D eigenvalue weighted by Gasteiger charge is 2.32. The van der Waals surface area contributed by atoms with Gasteiger partial charge in [-0.25, -0.2) is 9.59 Å². The quantitative estimate of drug-likeness (QED) is 0.833. The fourth-order valence-electron chi connectivity index (χ4n) is 2.61. The second kappa shape index (κ2) is 6.78. The van der Waals surface area contributed by atoms with E-state index < -0.39 is 11.9 Å². The minimum atomic E-state index is -0.664. The second-order valence-corrected chi connectivity index (χ2v) is 5.29. The molecule has 0 unspecified atom stereocenters. The number of aromatic nitrogens is 1. The van der Waals surface area contributed by atoms with Crippen molar-refractivity contribution in [1.82, 2.24) is 4.98 Å². The molecule has 1 aromatic heterocycles. The molecule has 0 fully saturated rings. The number of pyridine rings is 1. The number of benzene rings is 1. The lowest BCUT2D eigenvalue weighted by molar-refractivity contribution is -0.140. The van der Waals surface area contributed by atoms with E-state index >= 15 is 0 Å². The van der Waals surface area contributed by atoms with E-state index in [1.165, 1.54) is 25.3 Å². The van der Waals surface area contributed by atoms with Gasteiger partial charge in [0.1, 0.15) is 18.2 Å². The predicted molar refractivity (Wildman–Crippen MR) is 87.8 cm³/mol. The minimum Gasteiger partial charge on any atom is -0.506 e. The number of fused-ring (bicyclic) bond motifs is 1. The number of hydrogen-bond donors (Lipinski definition) is 1. The number of aromatic hydroxyl groups is 1. The summed E-state index contributed by atoms with van der Waals surface area (Å²) in [6.45, 7) is 0.0157. The molecule has 2 heterocycles. The molecule has 130 valence electrons. The number of carbonyl (C=O) groups excluding carboxylic acids is 2. The molecule has 2 aromatic rings. The summed E-state index contributed by atoms with van der Waals surface area (Å²) in [7, 11) is 2.47. The highest BCUT2D eigenvalue weighted by molar-refractivity contribution is 6.03. The van der Waals surface area contributed by atoms with E-state index in [-0.39, 0.29) is 30.4 Å². The standard InChI is InChI=1S/C17H16N2O6/c1-23-16(21)13-8-25-9-19(15(13)17(22)24-2)11-4-3-10-5-12(20)7-18-14(10)6-11/h3-7,20H,8-9H2,1-2H3. The van der Waals surface area contributed by atoms with Gasteiger partial charge in [0.15, 0.2) is 0 Å². The maximum atomic E-state index is 12.3. The van der Waals surface area contributed by atoms with E-state index in [2.05, 4.69) is 4.98 Å². The molecule has 0 atom stereocenters. The lowest BCUT2D eigenvalue weighted by Gasteiger charge is -2.31. The second-order valence-electron chi connectivity index (χ2n) is 5.29. The van der Waals surface area contributed by atoms with Gasteiger partial charge < -0.3 is 24.2 Å². The van der Waals surface area contributed by atoms with Gasteiger partial charge in [0, 0.05) is 11.1 Å². The summed E-state index contributed by atoms with van der Waals surface area (Å²) in [6.07, 6.45) is 1.33. The van der Waals surface area contributed by atoms with E-state index in [0.29, 0.717) is 11.2 Å². The van der Waals surface area contributed by atoms with Crippen LogP contribution in [0, 0.1) is 0 Å². The number of anilines is 1. The zero-order valence-corrected chi connectivity index (χ0v) is 13.7. The van der Waals surface area contributed by atoms with E-state index in [1.807, 2.05) is 0 Å². The third kappa shape index (κ3) is 3.11. The normalized spacial score (nSPS) is 14.6. The van der Waals surface area contributed by atoms with Crippen molar-refractivity contribution < 1.29 is 28.9 Å². The molecule has 25 heavy (non-hydrogen) atoms. The third-order valence-electron chi connectivity index (χ3n) is 3.80. The molecule has 0 spiro atoms. The Hall–Kier alpha value is -3.13. The number of esters is 2. The van der Waals surface area contributed by atoms with E-state index in [9.17, 15) is 14.7 Å². The molecule has 0 saturated heterocycles. The van der Waals surface area contributed by atoms with Crippen LogP contribution in [0.1, 0.15) is 0 Å². The molecule has 0 bridgehead atoms. The van der Waals surface area contributed by atoms with Gasteiger partial charge in [0.05, 0.1) is 38.1 Å². The Kier molecular flexibility index (Phi) is 4.53. The SMILES string of the molecule is COC(=O)C1=C(C(=O)OC)N(c2ccc3cc(O)cnc3c2)COC1. The van der Waals surface area contributed by atoms with Crippen LogP contribution < -0.4 is 4.90 Å². The first-order chi connectivity index (χ1) is 12.0. The van der Waals surface area contributed by atoms with Crippen LogP contribution in [0.25, 0.3) is 10.9 Å². The highest BCUT2D eigenvalue weighted by Crippen LogP contribution is 2.29. The van der Waals surface area contributed by atoms with Crippen molar-refractivity contribution in [1.29, 1.82) is 0 Å². The maximum absolute atomic E-state index is 12.3. The molecule has 8 nitrogen and oxygen atoms in total. The van der Waals surface area contributed by atoms with Crippen molar-refractivity contribution >= 4 is 28.5 Å². The number of ether oxygens (including phenoxy) is 3. The monoisotopic (exact) mass is 344 g/mol. The van der Waals surface area contributed by atoms with E-state index in [0.717, 1.165) is 5.39 Å². The number of hydrogen-bond acceptors (Lipinski definition) is 8. The molecule has 8 heteroatoms. The molecular formula is C17H16N2O6. The van der Waals surface area contributed by atoms with Gasteiger partial charge in [-0.3, -0.25) is 4.98 Å². The number of carbonyl (C=O) groups is 2. The summed E-state index contributed by atoms with van der Waals surface area (Å²) in [4.78, 5) is 29.9. The molecule has 3 rings (SSSR count). The average molecular weight is 344 g/mol. The number of rotatable bonds is 3. The first kappa shape index (κ1) is 16.7. The van der Waals surface area contributed by atoms with Crippen LogP contribution in [0.2, 0.25) is 0 Å². The summed E-state index contributed by atoms with van der Waals surface area (Å²) in [5.74, 6) is -1.26. The first-order valence-electron chi connectivity index (χ1n) is 7.39. The van der Waals surface area contributed by atoms with Gasteiger partial charge in [0.2, 0.25) is 0 Å². The van der Waals surface area contributed by atoms with Gasteiger partial charge in [-0.05, 0) is 18.2 Å². The van der Waals surface area contributed by atoms with Crippen molar-refractivity contribution in [2.75, 3.05) is 32.5 Å². The smallest absolute Gasteiger partial charge is 0.355 e. The van der Waals surface area contributed by atoms with E-state index in [1.54, 1.807) is 24.3 Å². The zero-order chi connectivity index (χ0) is 18.0. The van der Waals surface area contributed by atoms with Crippen LogP contribution in [0.15, 0.2) is 41.7 Å². The van der Waals surface area contributed by atoms with Gasteiger partial charge in [-0.2, -0.15) is 0 Å². The van der Waals surface area contributed by atoms with Crippen molar-refractivity contribution in [3.63, 3.8) is 0 Å². The van der Waals surface area contributed by atoms with Gasteiger partial charge in [-0.15, -0.1) is 0 Å². The Morgan fingerprint density at radius 1 is 1.20 bits per heavy atom. The van der Waals surface area contributed by atoms with Crippen molar-refractivity contribution in [2.24, 2.45) is 0 Å². The average Bonchev–Trinajstić information content (AvgIpc) is 2.65.